The fourth-order valence-electron chi connectivity index (χ4n) is 3.32. The molecular formula is C23H30N2O3. The lowest BCUT2D eigenvalue weighted by molar-refractivity contribution is 0.0679. The van der Waals surface area contributed by atoms with Crippen LogP contribution in [0.2, 0.25) is 0 Å². The molecular weight excluding hydrogens is 352 g/mol. The van der Waals surface area contributed by atoms with Gasteiger partial charge in [0.25, 0.3) is 5.91 Å². The van der Waals surface area contributed by atoms with E-state index >= 15 is 0 Å². The Bertz CT molecular complexity index is 751. The van der Waals surface area contributed by atoms with Crippen molar-refractivity contribution >= 4 is 11.6 Å². The van der Waals surface area contributed by atoms with Crippen LogP contribution in [0.3, 0.4) is 0 Å². The van der Waals surface area contributed by atoms with Crippen LogP contribution in [0.25, 0.3) is 0 Å². The topological polar surface area (TPSA) is 50.8 Å². The molecule has 0 bridgehead atoms. The first kappa shape index (κ1) is 20.4. The molecule has 150 valence electrons. The minimum Gasteiger partial charge on any atom is -0.491 e. The number of hydrogen-bond acceptors (Lipinski definition) is 4. The van der Waals surface area contributed by atoms with Crippen molar-refractivity contribution in [2.75, 3.05) is 31.6 Å². The van der Waals surface area contributed by atoms with Crippen molar-refractivity contribution in [1.29, 1.82) is 0 Å². The van der Waals surface area contributed by atoms with Gasteiger partial charge in [-0.15, -0.1) is 0 Å². The summed E-state index contributed by atoms with van der Waals surface area (Å²) in [6.07, 6.45) is 2.34. The number of nitrogens with one attached hydrogen (secondary N) is 1. The van der Waals surface area contributed by atoms with Gasteiger partial charge in [-0.25, -0.2) is 0 Å². The molecule has 5 heteroatoms. The normalized spacial score (nSPS) is 16.3. The van der Waals surface area contributed by atoms with Gasteiger partial charge in [-0.3, -0.25) is 9.69 Å². The van der Waals surface area contributed by atoms with E-state index in [9.17, 15) is 4.79 Å². The van der Waals surface area contributed by atoms with Crippen LogP contribution in [0.4, 0.5) is 5.69 Å². The largest absolute Gasteiger partial charge is 0.491 e. The van der Waals surface area contributed by atoms with E-state index in [0.717, 1.165) is 50.5 Å². The summed E-state index contributed by atoms with van der Waals surface area (Å²) < 4.78 is 11.3. The summed E-state index contributed by atoms with van der Waals surface area (Å²) in [7, 11) is 0. The van der Waals surface area contributed by atoms with Gasteiger partial charge in [0.1, 0.15) is 12.4 Å². The van der Waals surface area contributed by atoms with Crippen molar-refractivity contribution in [3.63, 3.8) is 0 Å². The zero-order chi connectivity index (χ0) is 19.8. The first-order valence-electron chi connectivity index (χ1n) is 10.1. The lowest BCUT2D eigenvalue weighted by atomic mass is 10.1. The van der Waals surface area contributed by atoms with E-state index in [0.29, 0.717) is 12.2 Å². The van der Waals surface area contributed by atoms with Crippen LogP contribution >= 0.6 is 0 Å². The number of carbonyl (C=O) groups excluding carboxylic acids is 1. The number of rotatable bonds is 9. The lowest BCUT2D eigenvalue weighted by Crippen LogP contribution is -2.22. The second-order valence-corrected chi connectivity index (χ2v) is 7.09. The zero-order valence-corrected chi connectivity index (χ0v) is 16.8. The first-order valence-corrected chi connectivity index (χ1v) is 10.1. The SMILES string of the molecule is CCN(CC)Cc1cccc(NC(=O)c2ccc(OCC3CCCO3)cc2)c1. The number of ether oxygens (including phenoxy) is 2. The van der Waals surface area contributed by atoms with Crippen molar-refractivity contribution in [3.8, 4) is 5.75 Å². The number of amides is 1. The van der Waals surface area contributed by atoms with Gasteiger partial charge in [0.15, 0.2) is 0 Å². The van der Waals surface area contributed by atoms with Gasteiger partial charge in [-0.05, 0) is 67.9 Å². The molecule has 0 aromatic heterocycles. The van der Waals surface area contributed by atoms with E-state index < -0.39 is 0 Å². The molecule has 2 aromatic rings. The predicted octanol–water partition coefficient (Wildman–Crippen LogP) is 4.34. The first-order chi connectivity index (χ1) is 13.7. The van der Waals surface area contributed by atoms with Gasteiger partial charge in [-0.2, -0.15) is 0 Å². The number of hydrogen-bond donors (Lipinski definition) is 1. The van der Waals surface area contributed by atoms with Crippen LogP contribution in [-0.2, 0) is 11.3 Å². The van der Waals surface area contributed by atoms with E-state index in [-0.39, 0.29) is 12.0 Å². The standard InChI is InChI=1S/C23H30N2O3/c1-3-25(4-2)16-18-7-5-8-20(15-18)24-23(26)19-10-12-21(13-11-19)28-17-22-9-6-14-27-22/h5,7-8,10-13,15,22H,3-4,6,9,14,16-17H2,1-2H3,(H,24,26). The maximum Gasteiger partial charge on any atom is 0.255 e. The maximum atomic E-state index is 12.6. The van der Waals surface area contributed by atoms with E-state index in [4.69, 9.17) is 9.47 Å². The van der Waals surface area contributed by atoms with Crippen LogP contribution in [0.5, 0.6) is 5.75 Å². The molecule has 2 aromatic carbocycles. The van der Waals surface area contributed by atoms with Gasteiger partial charge in [0, 0.05) is 24.4 Å². The zero-order valence-electron chi connectivity index (χ0n) is 16.8. The Morgan fingerprint density at radius 1 is 1.18 bits per heavy atom. The highest BCUT2D eigenvalue weighted by atomic mass is 16.5. The lowest BCUT2D eigenvalue weighted by Gasteiger charge is -2.18. The summed E-state index contributed by atoms with van der Waals surface area (Å²) in [5.41, 5.74) is 2.62. The molecule has 1 atom stereocenters. The molecule has 3 rings (SSSR count). The highest BCUT2D eigenvalue weighted by Crippen LogP contribution is 2.18. The molecule has 1 fully saturated rings. The second kappa shape index (κ2) is 10.2. The fourth-order valence-corrected chi connectivity index (χ4v) is 3.32. The number of benzene rings is 2. The molecule has 1 aliphatic rings. The van der Waals surface area contributed by atoms with Gasteiger partial charge in [0.2, 0.25) is 0 Å². The third kappa shape index (κ3) is 5.81. The highest BCUT2D eigenvalue weighted by molar-refractivity contribution is 6.04. The Hall–Kier alpha value is -2.37. The van der Waals surface area contributed by atoms with Crippen molar-refractivity contribution in [1.82, 2.24) is 4.90 Å². The van der Waals surface area contributed by atoms with E-state index in [1.165, 1.54) is 5.56 Å². The molecule has 0 radical (unpaired) electrons. The molecule has 0 saturated carbocycles. The Labute approximate surface area is 167 Å². The number of nitrogens with zero attached hydrogens (tertiary/aromatic N) is 1. The molecule has 1 amide bonds. The van der Waals surface area contributed by atoms with Crippen molar-refractivity contribution in [3.05, 3.63) is 59.7 Å². The smallest absolute Gasteiger partial charge is 0.255 e. The molecule has 1 heterocycles. The Balaban J connectivity index is 1.55. The third-order valence-corrected chi connectivity index (χ3v) is 5.06. The summed E-state index contributed by atoms with van der Waals surface area (Å²) >= 11 is 0. The fraction of sp³-hybridized carbons (Fsp3) is 0.435. The molecule has 1 saturated heterocycles. The molecule has 0 spiro atoms. The van der Waals surface area contributed by atoms with E-state index in [1.807, 2.05) is 30.3 Å². The second-order valence-electron chi connectivity index (χ2n) is 7.09. The van der Waals surface area contributed by atoms with Crippen molar-refractivity contribution < 1.29 is 14.3 Å². The summed E-state index contributed by atoms with van der Waals surface area (Å²) in [6, 6.07) is 15.3. The van der Waals surface area contributed by atoms with Crippen LogP contribution in [-0.4, -0.2) is 43.2 Å². The molecule has 1 unspecified atom stereocenters. The van der Waals surface area contributed by atoms with Gasteiger partial charge in [-0.1, -0.05) is 26.0 Å². The van der Waals surface area contributed by atoms with Crippen LogP contribution in [0, 0.1) is 0 Å². The average molecular weight is 383 g/mol. The number of anilines is 1. The van der Waals surface area contributed by atoms with E-state index in [1.54, 1.807) is 12.1 Å². The summed E-state index contributed by atoms with van der Waals surface area (Å²) in [5.74, 6) is 0.638. The number of carbonyl (C=O) groups is 1. The average Bonchev–Trinajstić information content (AvgIpc) is 3.25. The molecule has 1 aliphatic heterocycles. The van der Waals surface area contributed by atoms with E-state index in [2.05, 4.69) is 30.1 Å². The van der Waals surface area contributed by atoms with Gasteiger partial charge in [0.05, 0.1) is 6.10 Å². The Morgan fingerprint density at radius 2 is 1.96 bits per heavy atom. The maximum absolute atomic E-state index is 12.6. The highest BCUT2D eigenvalue weighted by Gasteiger charge is 2.16. The van der Waals surface area contributed by atoms with Crippen molar-refractivity contribution in [2.24, 2.45) is 0 Å². The molecule has 0 aliphatic carbocycles. The summed E-state index contributed by atoms with van der Waals surface area (Å²) in [6.45, 7) is 8.59. The van der Waals surface area contributed by atoms with Crippen LogP contribution in [0.1, 0.15) is 42.6 Å². The minimum atomic E-state index is -0.120. The van der Waals surface area contributed by atoms with Gasteiger partial charge >= 0.3 is 0 Å². The quantitative estimate of drug-likeness (QED) is 0.701. The summed E-state index contributed by atoms with van der Waals surface area (Å²) in [4.78, 5) is 14.9. The third-order valence-electron chi connectivity index (χ3n) is 5.06. The monoisotopic (exact) mass is 382 g/mol. The van der Waals surface area contributed by atoms with Crippen LogP contribution < -0.4 is 10.1 Å². The molecule has 28 heavy (non-hydrogen) atoms. The molecule has 5 nitrogen and oxygen atoms in total. The predicted molar refractivity (Wildman–Crippen MR) is 112 cm³/mol. The van der Waals surface area contributed by atoms with Crippen LogP contribution in [0.15, 0.2) is 48.5 Å². The minimum absolute atomic E-state index is 0.120. The van der Waals surface area contributed by atoms with Gasteiger partial charge < -0.3 is 14.8 Å². The van der Waals surface area contributed by atoms with Crippen molar-refractivity contribution in [2.45, 2.75) is 39.3 Å². The molecule has 1 N–H and O–H groups in total. The Morgan fingerprint density at radius 3 is 2.64 bits per heavy atom. The summed E-state index contributed by atoms with van der Waals surface area (Å²) in [5, 5.41) is 2.99. The Kier molecular flexibility index (Phi) is 7.46.